The molecule has 2 saturated heterocycles. The van der Waals surface area contributed by atoms with E-state index in [0.717, 1.165) is 48.2 Å². The number of aromatic nitrogens is 1. The Labute approximate surface area is 108 Å². The summed E-state index contributed by atoms with van der Waals surface area (Å²) in [5.74, 6) is 0.741. The van der Waals surface area contributed by atoms with Gasteiger partial charge in [-0.3, -0.25) is 4.98 Å². The fourth-order valence-corrected chi connectivity index (χ4v) is 3.32. The Balaban J connectivity index is 2.04. The summed E-state index contributed by atoms with van der Waals surface area (Å²) in [6.07, 6.45) is 1.23. The molecule has 0 bridgehead atoms. The number of aryl methyl sites for hydroxylation is 2. The van der Waals surface area contributed by atoms with Crippen molar-refractivity contribution in [3.05, 3.63) is 23.0 Å². The van der Waals surface area contributed by atoms with Crippen LogP contribution in [0.15, 0.2) is 6.07 Å². The summed E-state index contributed by atoms with van der Waals surface area (Å²) < 4.78 is 0. The molecule has 18 heavy (non-hydrogen) atoms. The molecule has 94 valence electrons. The van der Waals surface area contributed by atoms with Crippen LogP contribution < -0.4 is 10.2 Å². The first-order chi connectivity index (χ1) is 8.70. The molecule has 1 aromatic rings. The van der Waals surface area contributed by atoms with Crippen LogP contribution >= 0.6 is 0 Å². The summed E-state index contributed by atoms with van der Waals surface area (Å²) in [7, 11) is 0. The molecule has 1 N–H and O–H groups in total. The summed E-state index contributed by atoms with van der Waals surface area (Å²) in [5.41, 5.74) is 3.67. The Morgan fingerprint density at radius 2 is 2.28 bits per heavy atom. The second-order valence-corrected chi connectivity index (χ2v) is 5.32. The SMILES string of the molecule is Cc1cc(N2CC[C@H]3CNC[C@H]32)c(C#N)c(C)n1. The summed E-state index contributed by atoms with van der Waals surface area (Å²) in [4.78, 5) is 6.80. The lowest BCUT2D eigenvalue weighted by Gasteiger charge is -2.27. The molecule has 4 heteroatoms. The monoisotopic (exact) mass is 242 g/mol. The van der Waals surface area contributed by atoms with Crippen LogP contribution in [-0.4, -0.2) is 30.7 Å². The van der Waals surface area contributed by atoms with E-state index in [2.05, 4.69) is 27.3 Å². The van der Waals surface area contributed by atoms with Gasteiger partial charge in [0.05, 0.1) is 16.9 Å². The van der Waals surface area contributed by atoms with Gasteiger partial charge in [0.2, 0.25) is 0 Å². The standard InChI is InChI=1S/C14H18N4/c1-9-5-13(12(6-15)10(2)17-9)18-4-3-11-7-16-8-14(11)18/h5,11,14,16H,3-4,7-8H2,1-2H3/t11-,14+/m0/s1. The quantitative estimate of drug-likeness (QED) is 0.808. The molecule has 1 aromatic heterocycles. The fourth-order valence-electron chi connectivity index (χ4n) is 3.32. The maximum atomic E-state index is 9.36. The van der Waals surface area contributed by atoms with Crippen molar-refractivity contribution >= 4 is 5.69 Å². The molecule has 4 nitrogen and oxygen atoms in total. The molecule has 3 rings (SSSR count). The highest BCUT2D eigenvalue weighted by atomic mass is 15.2. The van der Waals surface area contributed by atoms with Crippen molar-refractivity contribution in [3.8, 4) is 6.07 Å². The van der Waals surface area contributed by atoms with Crippen molar-refractivity contribution in [3.63, 3.8) is 0 Å². The van der Waals surface area contributed by atoms with Gasteiger partial charge in [-0.05, 0) is 32.3 Å². The molecule has 0 aliphatic carbocycles. The molecule has 2 aliphatic rings. The van der Waals surface area contributed by atoms with Gasteiger partial charge in [0, 0.05) is 31.4 Å². The molecule has 0 spiro atoms. The van der Waals surface area contributed by atoms with Gasteiger partial charge in [-0.1, -0.05) is 0 Å². The van der Waals surface area contributed by atoms with Crippen LogP contribution in [0.1, 0.15) is 23.4 Å². The van der Waals surface area contributed by atoms with E-state index in [-0.39, 0.29) is 0 Å². The number of fused-ring (bicyclic) bond motifs is 1. The van der Waals surface area contributed by atoms with Crippen LogP contribution in [0.4, 0.5) is 5.69 Å². The van der Waals surface area contributed by atoms with Crippen LogP contribution in [-0.2, 0) is 0 Å². The normalized spacial score (nSPS) is 26.2. The van der Waals surface area contributed by atoms with Gasteiger partial charge in [-0.2, -0.15) is 5.26 Å². The molecule has 0 unspecified atom stereocenters. The van der Waals surface area contributed by atoms with E-state index >= 15 is 0 Å². The highest BCUT2D eigenvalue weighted by Gasteiger charge is 2.38. The highest BCUT2D eigenvalue weighted by molar-refractivity contribution is 5.63. The Bertz CT molecular complexity index is 517. The van der Waals surface area contributed by atoms with E-state index in [1.807, 2.05) is 13.8 Å². The minimum absolute atomic E-state index is 0.554. The number of nitriles is 1. The molecule has 0 aromatic carbocycles. The molecule has 2 atom stereocenters. The third kappa shape index (κ3) is 1.67. The lowest BCUT2D eigenvalue weighted by Crippen LogP contribution is -2.34. The molecule has 2 aliphatic heterocycles. The van der Waals surface area contributed by atoms with E-state index in [4.69, 9.17) is 0 Å². The van der Waals surface area contributed by atoms with Crippen molar-refractivity contribution in [2.75, 3.05) is 24.5 Å². The Kier molecular flexibility index (Phi) is 2.71. The van der Waals surface area contributed by atoms with Crippen molar-refractivity contribution in [1.82, 2.24) is 10.3 Å². The first-order valence-electron chi connectivity index (χ1n) is 6.56. The van der Waals surface area contributed by atoms with Crippen LogP contribution in [0.2, 0.25) is 0 Å². The molecule has 3 heterocycles. The van der Waals surface area contributed by atoms with Gasteiger partial charge in [0.1, 0.15) is 6.07 Å². The lowest BCUT2D eigenvalue weighted by atomic mass is 10.0. The Hall–Kier alpha value is -1.60. The molecule has 2 fully saturated rings. The van der Waals surface area contributed by atoms with E-state index in [1.165, 1.54) is 6.42 Å². The second kappa shape index (κ2) is 4.25. The van der Waals surface area contributed by atoms with Gasteiger partial charge >= 0.3 is 0 Å². The smallest absolute Gasteiger partial charge is 0.103 e. The van der Waals surface area contributed by atoms with Gasteiger partial charge in [-0.15, -0.1) is 0 Å². The van der Waals surface area contributed by atoms with Gasteiger partial charge < -0.3 is 10.2 Å². The summed E-state index contributed by atoms with van der Waals surface area (Å²) in [5, 5.41) is 12.8. The second-order valence-electron chi connectivity index (χ2n) is 5.32. The largest absolute Gasteiger partial charge is 0.366 e. The number of pyridine rings is 1. The zero-order valence-electron chi connectivity index (χ0n) is 10.9. The third-order valence-electron chi connectivity index (χ3n) is 4.17. The van der Waals surface area contributed by atoms with Gasteiger partial charge in [0.25, 0.3) is 0 Å². The minimum atomic E-state index is 0.554. The average Bonchev–Trinajstić information content (AvgIpc) is 2.89. The molecule has 0 amide bonds. The summed E-state index contributed by atoms with van der Waals surface area (Å²) in [6, 6.07) is 4.94. The van der Waals surface area contributed by atoms with E-state index in [1.54, 1.807) is 0 Å². The number of nitrogens with zero attached hydrogens (tertiary/aromatic N) is 3. The van der Waals surface area contributed by atoms with Crippen LogP contribution in [0.3, 0.4) is 0 Å². The zero-order valence-corrected chi connectivity index (χ0v) is 10.9. The first-order valence-corrected chi connectivity index (χ1v) is 6.56. The molecular weight excluding hydrogens is 224 g/mol. The van der Waals surface area contributed by atoms with Gasteiger partial charge in [0.15, 0.2) is 0 Å². The highest BCUT2D eigenvalue weighted by Crippen LogP contribution is 2.34. The molecule has 0 radical (unpaired) electrons. The maximum absolute atomic E-state index is 9.36. The predicted molar refractivity (Wildman–Crippen MR) is 70.5 cm³/mol. The van der Waals surface area contributed by atoms with E-state index in [9.17, 15) is 5.26 Å². The topological polar surface area (TPSA) is 52.0 Å². The average molecular weight is 242 g/mol. The zero-order chi connectivity index (χ0) is 12.7. The minimum Gasteiger partial charge on any atom is -0.366 e. The lowest BCUT2D eigenvalue weighted by molar-refractivity contribution is 0.578. The maximum Gasteiger partial charge on any atom is 0.103 e. The number of nitrogens with one attached hydrogen (secondary N) is 1. The van der Waals surface area contributed by atoms with E-state index in [0.29, 0.717) is 6.04 Å². The van der Waals surface area contributed by atoms with E-state index < -0.39 is 0 Å². The van der Waals surface area contributed by atoms with Crippen molar-refractivity contribution in [2.45, 2.75) is 26.3 Å². The third-order valence-corrected chi connectivity index (χ3v) is 4.17. The van der Waals surface area contributed by atoms with Crippen molar-refractivity contribution in [1.29, 1.82) is 5.26 Å². The molecule has 0 saturated carbocycles. The number of hydrogen-bond acceptors (Lipinski definition) is 4. The number of anilines is 1. The number of hydrogen-bond donors (Lipinski definition) is 1. The van der Waals surface area contributed by atoms with Crippen molar-refractivity contribution < 1.29 is 0 Å². The number of rotatable bonds is 1. The first kappa shape index (κ1) is 11.5. The Morgan fingerprint density at radius 3 is 3.06 bits per heavy atom. The molecular formula is C14H18N4. The predicted octanol–water partition coefficient (Wildman–Crippen LogP) is 1.37. The summed E-state index contributed by atoms with van der Waals surface area (Å²) >= 11 is 0. The summed E-state index contributed by atoms with van der Waals surface area (Å²) in [6.45, 7) is 7.14. The van der Waals surface area contributed by atoms with Crippen LogP contribution in [0, 0.1) is 31.1 Å². The van der Waals surface area contributed by atoms with Gasteiger partial charge in [-0.25, -0.2) is 0 Å². The fraction of sp³-hybridized carbons (Fsp3) is 0.571. The van der Waals surface area contributed by atoms with Crippen molar-refractivity contribution in [2.24, 2.45) is 5.92 Å². The Morgan fingerprint density at radius 1 is 1.44 bits per heavy atom. The van der Waals surface area contributed by atoms with Crippen LogP contribution in [0.25, 0.3) is 0 Å². The van der Waals surface area contributed by atoms with Crippen LogP contribution in [0.5, 0.6) is 0 Å².